The summed E-state index contributed by atoms with van der Waals surface area (Å²) in [5.74, 6) is 1.06. The molecule has 0 bridgehead atoms. The van der Waals surface area contributed by atoms with Crippen LogP contribution in [-0.2, 0) is 16.0 Å². The molecule has 4 nitrogen and oxygen atoms in total. The van der Waals surface area contributed by atoms with Crippen molar-refractivity contribution in [2.45, 2.75) is 12.5 Å². The molecule has 1 fully saturated rings. The number of thioether (sulfide) groups is 1. The molecule has 0 radical (unpaired) electrons. The van der Waals surface area contributed by atoms with Crippen LogP contribution in [0, 0.1) is 0 Å². The number of benzene rings is 1. The predicted octanol–water partition coefficient (Wildman–Crippen LogP) is 3.24. The van der Waals surface area contributed by atoms with Crippen molar-refractivity contribution in [1.29, 1.82) is 0 Å². The number of aliphatic carboxylic acids is 1. The molecule has 1 aliphatic heterocycles. The van der Waals surface area contributed by atoms with Crippen molar-refractivity contribution in [2.24, 2.45) is 0 Å². The van der Waals surface area contributed by atoms with E-state index in [4.69, 9.17) is 9.84 Å². The number of aromatic nitrogens is 1. The molecule has 1 aliphatic rings. The highest BCUT2D eigenvalue weighted by Crippen LogP contribution is 2.35. The van der Waals surface area contributed by atoms with Crippen LogP contribution in [0.3, 0.4) is 0 Å². The fourth-order valence-electron chi connectivity index (χ4n) is 2.22. The fraction of sp³-hybridized carbons (Fsp3) is 0.333. The molecule has 1 N–H and O–H groups in total. The molecule has 0 saturated carbocycles. The highest BCUT2D eigenvalue weighted by molar-refractivity contribution is 7.99. The number of carboxylic acids is 1. The lowest BCUT2D eigenvalue weighted by Gasteiger charge is -2.19. The Hall–Kier alpha value is -1.37. The number of hydrogen-bond donors (Lipinski definition) is 1. The van der Waals surface area contributed by atoms with Gasteiger partial charge >= 0.3 is 5.97 Å². The summed E-state index contributed by atoms with van der Waals surface area (Å²) in [6.07, 6.45) is -0.0133. The predicted molar refractivity (Wildman–Crippen MR) is 84.9 cm³/mol. The minimum absolute atomic E-state index is 0.00174. The molecule has 21 heavy (non-hydrogen) atoms. The highest BCUT2D eigenvalue weighted by atomic mass is 32.2. The summed E-state index contributed by atoms with van der Waals surface area (Å²) in [5.41, 5.74) is 1.73. The van der Waals surface area contributed by atoms with E-state index in [1.807, 2.05) is 42.1 Å². The third-order valence-electron chi connectivity index (χ3n) is 3.16. The van der Waals surface area contributed by atoms with Crippen LogP contribution in [0.2, 0.25) is 0 Å². The van der Waals surface area contributed by atoms with Crippen LogP contribution < -0.4 is 0 Å². The van der Waals surface area contributed by atoms with Crippen molar-refractivity contribution in [3.05, 3.63) is 40.2 Å². The molecule has 6 heteroatoms. The molecule has 110 valence electrons. The van der Waals surface area contributed by atoms with Gasteiger partial charge in [-0.25, -0.2) is 4.98 Å². The minimum atomic E-state index is -0.832. The zero-order valence-corrected chi connectivity index (χ0v) is 13.0. The Morgan fingerprint density at radius 1 is 1.38 bits per heavy atom. The second-order valence-corrected chi connectivity index (χ2v) is 6.96. The lowest BCUT2D eigenvalue weighted by molar-refractivity contribution is -0.136. The summed E-state index contributed by atoms with van der Waals surface area (Å²) in [4.78, 5) is 16.5. The third-order valence-corrected chi connectivity index (χ3v) is 5.31. The molecule has 1 aromatic heterocycles. The van der Waals surface area contributed by atoms with E-state index in [1.165, 1.54) is 11.3 Å². The number of nitrogens with zero attached hydrogens (tertiary/aromatic N) is 1. The van der Waals surface area contributed by atoms with Crippen molar-refractivity contribution in [2.75, 3.05) is 18.1 Å². The van der Waals surface area contributed by atoms with Gasteiger partial charge in [-0.2, -0.15) is 11.8 Å². The number of carbonyl (C=O) groups is 1. The number of thiazole rings is 1. The van der Waals surface area contributed by atoms with Crippen molar-refractivity contribution in [3.63, 3.8) is 0 Å². The number of carboxylic acid groups (broad SMARTS) is 1. The normalized spacial score (nSPS) is 18.6. The molecule has 0 aliphatic carbocycles. The van der Waals surface area contributed by atoms with Gasteiger partial charge in [0.25, 0.3) is 0 Å². The first kappa shape index (κ1) is 14.6. The Morgan fingerprint density at radius 3 is 2.86 bits per heavy atom. The second kappa shape index (κ2) is 6.60. The van der Waals surface area contributed by atoms with E-state index < -0.39 is 5.97 Å². The average Bonchev–Trinajstić information content (AvgIpc) is 2.92. The van der Waals surface area contributed by atoms with Crippen molar-refractivity contribution in [3.8, 4) is 11.3 Å². The summed E-state index contributed by atoms with van der Waals surface area (Å²) in [7, 11) is 0. The van der Waals surface area contributed by atoms with E-state index in [-0.39, 0.29) is 12.5 Å². The Bertz CT molecular complexity index is 621. The van der Waals surface area contributed by atoms with E-state index in [1.54, 1.807) is 0 Å². The Labute approximate surface area is 131 Å². The molecule has 3 rings (SSSR count). The Balaban J connectivity index is 1.96. The summed E-state index contributed by atoms with van der Waals surface area (Å²) in [5, 5.41) is 9.99. The SMILES string of the molecule is O=C(O)Cc1sc(C2CSCCO2)nc1-c1ccccc1. The standard InChI is InChI=1S/C15H15NO3S2/c17-13(18)8-12-14(10-4-2-1-3-5-10)16-15(21-12)11-9-20-7-6-19-11/h1-5,11H,6-9H2,(H,17,18). The van der Waals surface area contributed by atoms with E-state index in [0.29, 0.717) is 0 Å². The van der Waals surface area contributed by atoms with E-state index in [9.17, 15) is 4.79 Å². The zero-order chi connectivity index (χ0) is 14.7. The van der Waals surface area contributed by atoms with Crippen LogP contribution in [0.15, 0.2) is 30.3 Å². The summed E-state index contributed by atoms with van der Waals surface area (Å²) >= 11 is 3.31. The molecule has 1 saturated heterocycles. The maximum atomic E-state index is 11.1. The number of rotatable bonds is 4. The van der Waals surface area contributed by atoms with Crippen molar-refractivity contribution < 1.29 is 14.6 Å². The largest absolute Gasteiger partial charge is 0.481 e. The first-order chi connectivity index (χ1) is 10.2. The van der Waals surface area contributed by atoms with Crippen LogP contribution in [0.1, 0.15) is 16.0 Å². The summed E-state index contributed by atoms with van der Waals surface area (Å²) in [6.45, 7) is 0.726. The Morgan fingerprint density at radius 2 is 2.19 bits per heavy atom. The molecule has 0 spiro atoms. The molecule has 2 heterocycles. The van der Waals surface area contributed by atoms with Gasteiger partial charge in [-0.15, -0.1) is 11.3 Å². The average molecular weight is 321 g/mol. The molecule has 1 atom stereocenters. The molecular weight excluding hydrogens is 306 g/mol. The van der Waals surface area contributed by atoms with Gasteiger partial charge in [-0.3, -0.25) is 4.79 Å². The second-order valence-electron chi connectivity index (χ2n) is 4.69. The van der Waals surface area contributed by atoms with Gasteiger partial charge in [0.1, 0.15) is 11.1 Å². The van der Waals surface area contributed by atoms with Gasteiger partial charge in [-0.05, 0) is 0 Å². The topological polar surface area (TPSA) is 59.4 Å². The van der Waals surface area contributed by atoms with Crippen molar-refractivity contribution in [1.82, 2.24) is 4.98 Å². The lowest BCUT2D eigenvalue weighted by Crippen LogP contribution is -2.15. The first-order valence-corrected chi connectivity index (χ1v) is 8.67. The molecule has 1 unspecified atom stereocenters. The van der Waals surface area contributed by atoms with Crippen LogP contribution in [-0.4, -0.2) is 34.2 Å². The van der Waals surface area contributed by atoms with Gasteiger partial charge in [0, 0.05) is 21.9 Å². The maximum absolute atomic E-state index is 11.1. The Kier molecular flexibility index (Phi) is 4.57. The van der Waals surface area contributed by atoms with Gasteiger partial charge in [0.05, 0.1) is 18.7 Å². The van der Waals surface area contributed by atoms with Crippen molar-refractivity contribution >= 4 is 29.1 Å². The van der Waals surface area contributed by atoms with Crippen LogP contribution in [0.4, 0.5) is 0 Å². The van der Waals surface area contributed by atoms with Crippen LogP contribution >= 0.6 is 23.1 Å². The number of hydrogen-bond acceptors (Lipinski definition) is 5. The first-order valence-electron chi connectivity index (χ1n) is 6.70. The smallest absolute Gasteiger partial charge is 0.308 e. The van der Waals surface area contributed by atoms with Gasteiger partial charge in [-0.1, -0.05) is 30.3 Å². The third kappa shape index (κ3) is 3.45. The fourth-order valence-corrected chi connectivity index (χ4v) is 4.30. The van der Waals surface area contributed by atoms with E-state index >= 15 is 0 Å². The minimum Gasteiger partial charge on any atom is -0.481 e. The van der Waals surface area contributed by atoms with Crippen LogP contribution in [0.5, 0.6) is 0 Å². The van der Waals surface area contributed by atoms with E-state index in [2.05, 4.69) is 4.98 Å². The maximum Gasteiger partial charge on any atom is 0.308 e. The zero-order valence-electron chi connectivity index (χ0n) is 11.3. The van der Waals surface area contributed by atoms with E-state index in [0.717, 1.165) is 39.3 Å². The van der Waals surface area contributed by atoms with Gasteiger partial charge in [0.2, 0.25) is 0 Å². The molecule has 2 aromatic rings. The lowest BCUT2D eigenvalue weighted by atomic mass is 10.1. The quantitative estimate of drug-likeness (QED) is 0.937. The molecule has 0 amide bonds. The monoisotopic (exact) mass is 321 g/mol. The van der Waals surface area contributed by atoms with Crippen LogP contribution in [0.25, 0.3) is 11.3 Å². The van der Waals surface area contributed by atoms with Gasteiger partial charge < -0.3 is 9.84 Å². The van der Waals surface area contributed by atoms with Gasteiger partial charge in [0.15, 0.2) is 0 Å². The highest BCUT2D eigenvalue weighted by Gasteiger charge is 2.23. The number of ether oxygens (including phenoxy) is 1. The summed E-state index contributed by atoms with van der Waals surface area (Å²) < 4.78 is 5.75. The summed E-state index contributed by atoms with van der Waals surface area (Å²) in [6, 6.07) is 9.73. The molecular formula is C15H15NO3S2. The molecule has 1 aromatic carbocycles.